The van der Waals surface area contributed by atoms with Gasteiger partial charge in [-0.1, -0.05) is 84.2 Å². The van der Waals surface area contributed by atoms with E-state index >= 15 is 0 Å². The fourth-order valence-electron chi connectivity index (χ4n) is 3.31. The van der Waals surface area contributed by atoms with Gasteiger partial charge in [0.25, 0.3) is 0 Å². The maximum absolute atomic E-state index is 2.34. The molecule has 1 heterocycles. The molecule has 5 rings (SSSR count). The van der Waals surface area contributed by atoms with Crippen LogP contribution in [-0.4, -0.2) is 0 Å². The molecule has 0 unspecified atom stereocenters. The molecule has 3 aromatic rings. The summed E-state index contributed by atoms with van der Waals surface area (Å²) in [5, 5.41) is 4.34. The molecule has 0 radical (unpaired) electrons. The van der Waals surface area contributed by atoms with Gasteiger partial charge in [-0.2, -0.15) is 11.3 Å². The Hall–Kier alpha value is -2.46. The number of thiophene rings is 1. The third-order valence-corrected chi connectivity index (χ3v) is 7.55. The van der Waals surface area contributed by atoms with E-state index in [9.17, 15) is 0 Å². The van der Waals surface area contributed by atoms with E-state index in [-0.39, 0.29) is 0 Å². The third-order valence-electron chi connectivity index (χ3n) is 4.74. The molecule has 0 bridgehead atoms. The lowest BCUT2D eigenvalue weighted by Gasteiger charge is -2.02. The van der Waals surface area contributed by atoms with Crippen LogP contribution >= 0.6 is 34.9 Å². The number of hydrogen-bond donors (Lipinski definition) is 0. The average Bonchev–Trinajstić information content (AvgIpc) is 3.33. The molecule has 0 atom stereocenters. The van der Waals surface area contributed by atoms with Crippen LogP contribution in [0.1, 0.15) is 0 Å². The molecule has 0 nitrogen and oxygen atoms in total. The molecule has 2 aliphatic carbocycles. The Kier molecular flexibility index (Phi) is 5.44. The van der Waals surface area contributed by atoms with Gasteiger partial charge in [-0.15, -0.1) is 0 Å². The van der Waals surface area contributed by atoms with Crippen LogP contribution in [0.5, 0.6) is 0 Å². The highest BCUT2D eigenvalue weighted by atomic mass is 32.2. The zero-order valence-electron chi connectivity index (χ0n) is 15.6. The first-order valence-corrected chi connectivity index (χ1v) is 12.0. The van der Waals surface area contributed by atoms with Crippen molar-refractivity contribution in [3.63, 3.8) is 0 Å². The molecular formula is C26H18S3. The summed E-state index contributed by atoms with van der Waals surface area (Å²) in [6, 6.07) is 34.8. The van der Waals surface area contributed by atoms with Crippen molar-refractivity contribution in [2.24, 2.45) is 0 Å². The van der Waals surface area contributed by atoms with Gasteiger partial charge >= 0.3 is 0 Å². The highest BCUT2D eigenvalue weighted by Crippen LogP contribution is 2.47. The average molecular weight is 427 g/mol. The summed E-state index contributed by atoms with van der Waals surface area (Å²) >= 11 is 5.41. The fraction of sp³-hybridized carbons (Fsp3) is 0. The number of benzene rings is 2. The van der Waals surface area contributed by atoms with Crippen LogP contribution in [0.25, 0.3) is 22.3 Å². The zero-order chi connectivity index (χ0) is 19.5. The van der Waals surface area contributed by atoms with E-state index in [4.69, 9.17) is 0 Å². The van der Waals surface area contributed by atoms with Gasteiger partial charge in [0.2, 0.25) is 0 Å². The van der Waals surface area contributed by atoms with Crippen LogP contribution in [0.15, 0.2) is 127 Å². The molecule has 0 saturated heterocycles. The maximum Gasteiger partial charge on any atom is 0.0212 e. The smallest absolute Gasteiger partial charge is 0.0212 e. The Balaban J connectivity index is 1.61. The number of hydrogen-bond acceptors (Lipinski definition) is 3. The number of rotatable bonds is 5. The Morgan fingerprint density at radius 1 is 0.517 bits per heavy atom. The summed E-state index contributed by atoms with van der Waals surface area (Å²) in [7, 11) is 0. The van der Waals surface area contributed by atoms with Crippen LogP contribution in [0.2, 0.25) is 0 Å². The molecule has 1 aromatic heterocycles. The van der Waals surface area contributed by atoms with Crippen molar-refractivity contribution in [1.82, 2.24) is 0 Å². The molecule has 0 saturated carbocycles. The second kappa shape index (κ2) is 8.50. The minimum absolute atomic E-state index is 1.26. The molecule has 0 aliphatic heterocycles. The van der Waals surface area contributed by atoms with Crippen molar-refractivity contribution in [3.8, 4) is 22.3 Å². The molecule has 0 fully saturated rings. The normalized spacial score (nSPS) is 11.0. The minimum atomic E-state index is 1.26. The summed E-state index contributed by atoms with van der Waals surface area (Å²) in [5.41, 5.74) is 5.15. The van der Waals surface area contributed by atoms with Crippen LogP contribution < -0.4 is 0 Å². The Morgan fingerprint density at radius 2 is 1.07 bits per heavy atom. The predicted octanol–water partition coefficient (Wildman–Crippen LogP) is 8.82. The molecule has 0 N–H and O–H groups in total. The summed E-state index contributed by atoms with van der Waals surface area (Å²) in [6.45, 7) is 0. The Bertz CT molecular complexity index is 1100. The monoisotopic (exact) mass is 426 g/mol. The van der Waals surface area contributed by atoms with E-state index in [1.54, 1.807) is 11.3 Å². The van der Waals surface area contributed by atoms with Crippen molar-refractivity contribution < 1.29 is 0 Å². The zero-order valence-corrected chi connectivity index (χ0v) is 18.1. The van der Waals surface area contributed by atoms with Gasteiger partial charge in [-0.25, -0.2) is 0 Å². The fourth-order valence-corrected chi connectivity index (χ4v) is 6.07. The second-order valence-corrected chi connectivity index (χ2v) is 9.68. The van der Waals surface area contributed by atoms with Crippen molar-refractivity contribution in [2.75, 3.05) is 0 Å². The predicted molar refractivity (Wildman–Crippen MR) is 128 cm³/mol. The minimum Gasteiger partial charge on any atom is -0.152 e. The quantitative estimate of drug-likeness (QED) is 0.275. The van der Waals surface area contributed by atoms with Gasteiger partial charge in [0.05, 0.1) is 0 Å². The van der Waals surface area contributed by atoms with Crippen molar-refractivity contribution in [1.29, 1.82) is 0 Å². The first-order valence-electron chi connectivity index (χ1n) is 9.42. The van der Waals surface area contributed by atoms with Crippen LogP contribution in [0.3, 0.4) is 0 Å². The summed E-state index contributed by atoms with van der Waals surface area (Å²) in [5.74, 6) is 0. The van der Waals surface area contributed by atoms with E-state index in [1.807, 2.05) is 23.5 Å². The molecule has 2 aromatic carbocycles. The van der Waals surface area contributed by atoms with Crippen LogP contribution in [0, 0.1) is 0 Å². The second-order valence-electron chi connectivity index (χ2n) is 6.66. The Labute approximate surface area is 184 Å². The summed E-state index contributed by atoms with van der Waals surface area (Å²) in [4.78, 5) is 5.13. The third kappa shape index (κ3) is 4.13. The first-order chi connectivity index (χ1) is 14.4. The van der Waals surface area contributed by atoms with E-state index in [1.165, 1.54) is 41.8 Å². The highest BCUT2D eigenvalue weighted by molar-refractivity contribution is 8.00. The van der Waals surface area contributed by atoms with E-state index in [2.05, 4.69) is 108 Å². The summed E-state index contributed by atoms with van der Waals surface area (Å²) in [6.07, 6.45) is 0. The van der Waals surface area contributed by atoms with Gasteiger partial charge in [0, 0.05) is 19.6 Å². The largest absolute Gasteiger partial charge is 0.152 e. The van der Waals surface area contributed by atoms with Gasteiger partial charge in [-0.3, -0.25) is 0 Å². The van der Waals surface area contributed by atoms with Crippen LogP contribution in [-0.2, 0) is 0 Å². The standard InChI is InChI=1S/C26H18S3/c1-3-7-21(8-4-1)28-25-17-26(29-22-9-5-2-6-10-22)24-14-12-19(11-13-23(24)25)20-15-16-27-18-20/h1-18H. The topological polar surface area (TPSA) is 0 Å². The maximum atomic E-state index is 2.34. The van der Waals surface area contributed by atoms with E-state index in [0.29, 0.717) is 0 Å². The highest BCUT2D eigenvalue weighted by Gasteiger charge is 2.17. The Morgan fingerprint density at radius 3 is 1.55 bits per heavy atom. The first kappa shape index (κ1) is 18.6. The molecular weight excluding hydrogens is 408 g/mol. The van der Waals surface area contributed by atoms with Crippen molar-refractivity contribution in [2.45, 2.75) is 19.6 Å². The molecule has 3 heteroatoms. The van der Waals surface area contributed by atoms with E-state index < -0.39 is 0 Å². The molecule has 2 aliphatic rings. The summed E-state index contributed by atoms with van der Waals surface area (Å²) < 4.78 is 0. The molecule has 0 amide bonds. The van der Waals surface area contributed by atoms with Gasteiger partial charge < -0.3 is 0 Å². The van der Waals surface area contributed by atoms with Gasteiger partial charge in [0.15, 0.2) is 0 Å². The van der Waals surface area contributed by atoms with Gasteiger partial charge in [-0.05, 0) is 69.4 Å². The lowest BCUT2D eigenvalue weighted by atomic mass is 10.1. The van der Waals surface area contributed by atoms with Crippen LogP contribution in [0.4, 0.5) is 0 Å². The van der Waals surface area contributed by atoms with E-state index in [0.717, 1.165) is 0 Å². The number of fused-ring (bicyclic) bond motifs is 1. The lowest BCUT2D eigenvalue weighted by Crippen LogP contribution is -1.73. The SMILES string of the molecule is c1ccc(Sc2cc(Sc3ccccc3)c3ccc(-c4ccsc4)ccc2-3)cc1. The van der Waals surface area contributed by atoms with Gasteiger partial charge in [0.1, 0.15) is 0 Å². The van der Waals surface area contributed by atoms with Crippen molar-refractivity contribution in [3.05, 3.63) is 108 Å². The molecule has 29 heavy (non-hydrogen) atoms. The van der Waals surface area contributed by atoms with Crippen molar-refractivity contribution >= 4 is 34.9 Å². The molecule has 0 spiro atoms. The lowest BCUT2D eigenvalue weighted by molar-refractivity contribution is 1.42. The molecule has 140 valence electrons.